The summed E-state index contributed by atoms with van der Waals surface area (Å²) in [5.41, 5.74) is 6.17. The van der Waals surface area contributed by atoms with Gasteiger partial charge in [0, 0.05) is 18.7 Å². The van der Waals surface area contributed by atoms with Crippen molar-refractivity contribution < 1.29 is 4.39 Å². The van der Waals surface area contributed by atoms with Crippen molar-refractivity contribution in [1.29, 1.82) is 5.41 Å². The predicted octanol–water partition coefficient (Wildman–Crippen LogP) is 2.34. The number of nitrogens with zero attached hydrogens (tertiary/aromatic N) is 1. The molecule has 2 rings (SSSR count). The fourth-order valence-corrected chi connectivity index (χ4v) is 2.38. The molecule has 1 aliphatic carbocycles. The topological polar surface area (TPSA) is 53.1 Å². The molecule has 1 fully saturated rings. The molecule has 0 heterocycles. The Labute approximate surface area is 107 Å². The van der Waals surface area contributed by atoms with Crippen LogP contribution in [0.15, 0.2) is 18.2 Å². The maximum Gasteiger partial charge on any atom is 0.138 e. The molecule has 0 atom stereocenters. The predicted molar refractivity (Wildman–Crippen MR) is 71.1 cm³/mol. The Balaban J connectivity index is 2.03. The second-order valence-corrected chi connectivity index (χ2v) is 5.19. The van der Waals surface area contributed by atoms with Gasteiger partial charge in [0.1, 0.15) is 11.7 Å². The van der Waals surface area contributed by atoms with E-state index in [0.717, 1.165) is 12.5 Å². The maximum absolute atomic E-state index is 14.1. The number of hydrogen-bond acceptors (Lipinski definition) is 2. The summed E-state index contributed by atoms with van der Waals surface area (Å²) in [7, 11) is 2.01. The normalized spacial score (nSPS) is 15.7. The highest BCUT2D eigenvalue weighted by molar-refractivity contribution is 5.95. The molecule has 1 aromatic rings. The minimum atomic E-state index is -0.356. The van der Waals surface area contributed by atoms with Crippen LogP contribution in [0.4, 0.5) is 4.39 Å². The van der Waals surface area contributed by atoms with Gasteiger partial charge in [0.05, 0.1) is 5.56 Å². The summed E-state index contributed by atoms with van der Waals surface area (Å²) in [6.45, 7) is 1.59. The molecule has 98 valence electrons. The van der Waals surface area contributed by atoms with Crippen molar-refractivity contribution in [3.05, 3.63) is 35.1 Å². The number of nitrogens with two attached hydrogens (primary N) is 1. The monoisotopic (exact) mass is 249 g/mol. The van der Waals surface area contributed by atoms with E-state index in [4.69, 9.17) is 11.1 Å². The number of halogens is 1. The first kappa shape index (κ1) is 13.0. The molecule has 3 nitrogen and oxygen atoms in total. The minimum absolute atomic E-state index is 0.199. The minimum Gasteiger partial charge on any atom is -0.384 e. The van der Waals surface area contributed by atoms with Gasteiger partial charge in [-0.15, -0.1) is 0 Å². The SMILES string of the molecule is CN(Cc1cccc(C(=N)N)c1F)CC1CCC1. The molecule has 1 saturated carbocycles. The lowest BCUT2D eigenvalue weighted by molar-refractivity contribution is 0.199. The van der Waals surface area contributed by atoms with Gasteiger partial charge in [0.2, 0.25) is 0 Å². The fourth-order valence-electron chi connectivity index (χ4n) is 2.38. The Bertz CT molecular complexity index is 441. The van der Waals surface area contributed by atoms with E-state index in [2.05, 4.69) is 4.90 Å². The highest BCUT2D eigenvalue weighted by atomic mass is 19.1. The summed E-state index contributed by atoms with van der Waals surface area (Å²) in [6.07, 6.45) is 3.91. The molecule has 0 radical (unpaired) electrons. The third-order valence-corrected chi connectivity index (χ3v) is 3.60. The molecule has 0 aromatic heterocycles. The first-order valence-corrected chi connectivity index (χ1v) is 6.38. The van der Waals surface area contributed by atoms with Crippen LogP contribution < -0.4 is 5.73 Å². The number of rotatable bonds is 5. The van der Waals surface area contributed by atoms with Crippen molar-refractivity contribution in [2.24, 2.45) is 11.7 Å². The second kappa shape index (κ2) is 5.48. The van der Waals surface area contributed by atoms with E-state index in [-0.39, 0.29) is 17.2 Å². The molecule has 4 heteroatoms. The zero-order chi connectivity index (χ0) is 13.1. The van der Waals surface area contributed by atoms with Gasteiger partial charge in [-0.25, -0.2) is 4.39 Å². The van der Waals surface area contributed by atoms with Crippen LogP contribution in [0.25, 0.3) is 0 Å². The standard InChI is InChI=1S/C14H20FN3/c1-18(8-10-4-2-5-10)9-11-6-3-7-12(13(11)15)14(16)17/h3,6-7,10H,2,4-5,8-9H2,1H3,(H3,16,17). The van der Waals surface area contributed by atoms with Crippen molar-refractivity contribution in [3.63, 3.8) is 0 Å². The number of nitrogens with one attached hydrogen (secondary N) is 1. The lowest BCUT2D eigenvalue weighted by atomic mass is 9.85. The third kappa shape index (κ3) is 2.88. The molecule has 1 aliphatic rings. The van der Waals surface area contributed by atoms with E-state index in [1.54, 1.807) is 18.2 Å². The van der Waals surface area contributed by atoms with Crippen LogP contribution in [0, 0.1) is 17.1 Å². The summed E-state index contributed by atoms with van der Waals surface area (Å²) in [6, 6.07) is 5.07. The van der Waals surface area contributed by atoms with Crippen LogP contribution in [0.5, 0.6) is 0 Å². The van der Waals surface area contributed by atoms with Gasteiger partial charge in [-0.3, -0.25) is 5.41 Å². The van der Waals surface area contributed by atoms with Gasteiger partial charge >= 0.3 is 0 Å². The summed E-state index contributed by atoms with van der Waals surface area (Å²) in [5.74, 6) is 0.204. The summed E-state index contributed by atoms with van der Waals surface area (Å²) in [4.78, 5) is 2.14. The van der Waals surface area contributed by atoms with Crippen molar-refractivity contribution >= 4 is 5.84 Å². The quantitative estimate of drug-likeness (QED) is 0.621. The average molecular weight is 249 g/mol. The lowest BCUT2D eigenvalue weighted by Gasteiger charge is -2.30. The molecule has 0 spiro atoms. The molecular formula is C14H20FN3. The number of hydrogen-bond donors (Lipinski definition) is 2. The van der Waals surface area contributed by atoms with Crippen molar-refractivity contribution in [1.82, 2.24) is 4.90 Å². The molecule has 0 amide bonds. The Kier molecular flexibility index (Phi) is 3.97. The molecule has 1 aromatic carbocycles. The first-order valence-electron chi connectivity index (χ1n) is 6.38. The van der Waals surface area contributed by atoms with Gasteiger partial charge < -0.3 is 10.6 Å². The lowest BCUT2D eigenvalue weighted by Crippen LogP contribution is -2.29. The Hall–Kier alpha value is -1.42. The van der Waals surface area contributed by atoms with Gasteiger partial charge in [-0.1, -0.05) is 18.6 Å². The molecule has 0 unspecified atom stereocenters. The van der Waals surface area contributed by atoms with Crippen LogP contribution in [0.3, 0.4) is 0 Å². The third-order valence-electron chi connectivity index (χ3n) is 3.60. The van der Waals surface area contributed by atoms with E-state index in [0.29, 0.717) is 12.1 Å². The molecule has 3 N–H and O–H groups in total. The van der Waals surface area contributed by atoms with Crippen molar-refractivity contribution in [2.45, 2.75) is 25.8 Å². The zero-order valence-corrected chi connectivity index (χ0v) is 10.7. The summed E-state index contributed by atoms with van der Waals surface area (Å²) >= 11 is 0. The second-order valence-electron chi connectivity index (χ2n) is 5.19. The van der Waals surface area contributed by atoms with Crippen LogP contribution in [-0.4, -0.2) is 24.3 Å². The number of benzene rings is 1. The van der Waals surface area contributed by atoms with Crippen molar-refractivity contribution in [3.8, 4) is 0 Å². The Morgan fingerprint density at radius 1 is 1.50 bits per heavy atom. The molecule has 0 aliphatic heterocycles. The van der Waals surface area contributed by atoms with Gasteiger partial charge in [0.15, 0.2) is 0 Å². The summed E-state index contributed by atoms with van der Waals surface area (Å²) in [5, 5.41) is 7.33. The van der Waals surface area contributed by atoms with Gasteiger partial charge in [-0.2, -0.15) is 0 Å². The van der Waals surface area contributed by atoms with E-state index >= 15 is 0 Å². The highest BCUT2D eigenvalue weighted by Gasteiger charge is 2.20. The van der Waals surface area contributed by atoms with Crippen molar-refractivity contribution in [2.75, 3.05) is 13.6 Å². The van der Waals surface area contributed by atoms with E-state index in [9.17, 15) is 4.39 Å². The van der Waals surface area contributed by atoms with E-state index in [1.165, 1.54) is 19.3 Å². The largest absolute Gasteiger partial charge is 0.384 e. The van der Waals surface area contributed by atoms with Gasteiger partial charge in [-0.05, 0) is 31.9 Å². The molecule has 0 saturated heterocycles. The number of amidine groups is 1. The molecular weight excluding hydrogens is 229 g/mol. The Morgan fingerprint density at radius 2 is 2.22 bits per heavy atom. The van der Waals surface area contributed by atoms with E-state index < -0.39 is 0 Å². The first-order chi connectivity index (χ1) is 8.58. The average Bonchev–Trinajstić information content (AvgIpc) is 2.26. The zero-order valence-electron chi connectivity index (χ0n) is 10.7. The fraction of sp³-hybridized carbons (Fsp3) is 0.500. The maximum atomic E-state index is 14.1. The molecule has 0 bridgehead atoms. The highest BCUT2D eigenvalue weighted by Crippen LogP contribution is 2.27. The summed E-state index contributed by atoms with van der Waals surface area (Å²) < 4.78 is 14.1. The van der Waals surface area contributed by atoms with Crippen LogP contribution in [0.2, 0.25) is 0 Å². The van der Waals surface area contributed by atoms with E-state index in [1.807, 2.05) is 7.05 Å². The van der Waals surface area contributed by atoms with Crippen LogP contribution in [0.1, 0.15) is 30.4 Å². The van der Waals surface area contributed by atoms with Crippen LogP contribution >= 0.6 is 0 Å². The Morgan fingerprint density at radius 3 is 2.78 bits per heavy atom. The van der Waals surface area contributed by atoms with Crippen LogP contribution in [-0.2, 0) is 6.54 Å². The molecule has 18 heavy (non-hydrogen) atoms. The van der Waals surface area contributed by atoms with Gasteiger partial charge in [0.25, 0.3) is 0 Å². The number of nitrogen functional groups attached to an aromatic ring is 1. The smallest absolute Gasteiger partial charge is 0.138 e.